The van der Waals surface area contributed by atoms with Crippen molar-refractivity contribution in [2.75, 3.05) is 0 Å². The van der Waals surface area contributed by atoms with Gasteiger partial charge in [-0.15, -0.1) is 22.7 Å². The average Bonchev–Trinajstić information content (AvgIpc) is 3.48. The first-order chi connectivity index (χ1) is 17.0. The van der Waals surface area contributed by atoms with Crippen LogP contribution in [0.4, 0.5) is 26.3 Å². The van der Waals surface area contributed by atoms with Crippen LogP contribution in [0.5, 0.6) is 0 Å². The van der Waals surface area contributed by atoms with Crippen molar-refractivity contribution in [1.82, 2.24) is 0 Å². The van der Waals surface area contributed by atoms with Crippen molar-refractivity contribution in [2.45, 2.75) is 43.1 Å². The summed E-state index contributed by atoms with van der Waals surface area (Å²) in [7, 11) is 0. The lowest BCUT2D eigenvalue weighted by molar-refractivity contribution is -0.275. The van der Waals surface area contributed by atoms with E-state index < -0.39 is 36.2 Å². The molecule has 1 aliphatic rings. The molecule has 1 aliphatic carbocycles. The van der Waals surface area contributed by atoms with Crippen molar-refractivity contribution < 1.29 is 31.4 Å². The molecular weight excluding hydrogens is 518 g/mol. The van der Waals surface area contributed by atoms with Gasteiger partial charge in [-0.3, -0.25) is 0 Å². The number of aryl methyl sites for hydroxylation is 1. The standard InChI is InChI=1S/C27H20F6OS2/c1-15-18(12-20(35-15)16-8-4-2-5-9-16)23-24(26(30,31)27(32,33)25(23,28)29)19-13-21(36-22(19)14-34)17-10-6-3-7-11-17/h2-13,23-24,34H,14H2,1H3. The molecule has 2 aromatic carbocycles. The minimum Gasteiger partial charge on any atom is -0.391 e. The number of aliphatic hydroxyl groups excluding tert-OH is 1. The Morgan fingerprint density at radius 2 is 1.14 bits per heavy atom. The van der Waals surface area contributed by atoms with E-state index in [-0.39, 0.29) is 20.9 Å². The summed E-state index contributed by atoms with van der Waals surface area (Å²) in [6, 6.07) is 19.8. The van der Waals surface area contributed by atoms with E-state index in [0.717, 1.165) is 22.7 Å². The molecule has 1 fully saturated rings. The number of hydrogen-bond donors (Lipinski definition) is 1. The van der Waals surface area contributed by atoms with Gasteiger partial charge < -0.3 is 5.11 Å². The molecule has 0 radical (unpaired) electrons. The van der Waals surface area contributed by atoms with Crippen LogP contribution in [0.2, 0.25) is 0 Å². The highest BCUT2D eigenvalue weighted by Crippen LogP contribution is 2.70. The van der Waals surface area contributed by atoms with E-state index >= 15 is 17.6 Å². The highest BCUT2D eigenvalue weighted by Gasteiger charge is 2.85. The van der Waals surface area contributed by atoms with Gasteiger partial charge in [-0.1, -0.05) is 60.7 Å². The number of benzene rings is 2. The molecule has 4 aromatic rings. The third-order valence-electron chi connectivity index (χ3n) is 6.68. The molecular formula is C27H20F6OS2. The zero-order valence-electron chi connectivity index (χ0n) is 18.8. The lowest BCUT2D eigenvalue weighted by Crippen LogP contribution is -2.48. The monoisotopic (exact) mass is 538 g/mol. The van der Waals surface area contributed by atoms with E-state index in [1.807, 2.05) is 0 Å². The SMILES string of the molecule is Cc1sc(-c2ccccc2)cc1C1C(c2cc(-c3ccccc3)sc2CO)C(F)(F)C(F)(F)C1(F)F. The lowest BCUT2D eigenvalue weighted by Gasteiger charge is -2.25. The molecule has 1 saturated carbocycles. The third-order valence-corrected chi connectivity index (χ3v) is 8.98. The quantitative estimate of drug-likeness (QED) is 0.252. The van der Waals surface area contributed by atoms with Crippen LogP contribution in [0.3, 0.4) is 0 Å². The van der Waals surface area contributed by atoms with Crippen LogP contribution >= 0.6 is 22.7 Å². The van der Waals surface area contributed by atoms with E-state index in [1.54, 1.807) is 60.7 Å². The van der Waals surface area contributed by atoms with Crippen LogP contribution in [0, 0.1) is 6.92 Å². The van der Waals surface area contributed by atoms with Crippen LogP contribution in [0.1, 0.15) is 32.7 Å². The van der Waals surface area contributed by atoms with Gasteiger partial charge in [-0.25, -0.2) is 0 Å². The third kappa shape index (κ3) is 3.63. The summed E-state index contributed by atoms with van der Waals surface area (Å²) < 4.78 is 91.2. The first kappa shape index (κ1) is 25.0. The van der Waals surface area contributed by atoms with Crippen LogP contribution < -0.4 is 0 Å². The minimum atomic E-state index is -5.59. The fourth-order valence-electron chi connectivity index (χ4n) is 4.91. The van der Waals surface area contributed by atoms with Gasteiger partial charge in [0.05, 0.1) is 18.4 Å². The van der Waals surface area contributed by atoms with Gasteiger partial charge in [0.1, 0.15) is 0 Å². The summed E-state index contributed by atoms with van der Waals surface area (Å²) in [5.41, 5.74) is 0.672. The molecule has 1 N–H and O–H groups in total. The topological polar surface area (TPSA) is 20.2 Å². The molecule has 36 heavy (non-hydrogen) atoms. The Hall–Kier alpha value is -2.62. The second kappa shape index (κ2) is 8.75. The maximum Gasteiger partial charge on any atom is 0.373 e. The van der Waals surface area contributed by atoms with Crippen molar-refractivity contribution in [3.63, 3.8) is 0 Å². The van der Waals surface area contributed by atoms with Crippen molar-refractivity contribution in [2.24, 2.45) is 0 Å². The summed E-state index contributed by atoms with van der Waals surface area (Å²) in [4.78, 5) is 1.18. The molecule has 9 heteroatoms. The maximum atomic E-state index is 15.4. The molecule has 0 bridgehead atoms. The highest BCUT2D eigenvalue weighted by molar-refractivity contribution is 7.16. The number of halogens is 6. The van der Waals surface area contributed by atoms with Crippen molar-refractivity contribution in [3.05, 3.63) is 93.7 Å². The minimum absolute atomic E-state index is 0.0341. The summed E-state index contributed by atoms with van der Waals surface area (Å²) in [5.74, 6) is -20.7. The van der Waals surface area contributed by atoms with Crippen LogP contribution in [-0.2, 0) is 6.61 Å². The summed E-state index contributed by atoms with van der Waals surface area (Å²) in [5, 5.41) is 9.93. The predicted molar refractivity (Wildman–Crippen MR) is 130 cm³/mol. The van der Waals surface area contributed by atoms with Gasteiger partial charge >= 0.3 is 17.8 Å². The Labute approximate surface area is 211 Å². The molecule has 2 aromatic heterocycles. The van der Waals surface area contributed by atoms with Crippen LogP contribution in [0.25, 0.3) is 20.9 Å². The molecule has 2 atom stereocenters. The number of aliphatic hydroxyl groups is 1. The average molecular weight is 539 g/mol. The largest absolute Gasteiger partial charge is 0.391 e. The van der Waals surface area contributed by atoms with Gasteiger partial charge in [0, 0.05) is 19.5 Å². The summed E-state index contributed by atoms with van der Waals surface area (Å²) in [6.45, 7) is 0.741. The molecule has 0 amide bonds. The molecule has 1 nitrogen and oxygen atoms in total. The molecule has 5 rings (SSSR count). The zero-order chi connectivity index (χ0) is 25.9. The normalized spacial score (nSPS) is 22.1. The molecule has 2 unspecified atom stereocenters. The van der Waals surface area contributed by atoms with Gasteiger partial charge in [0.15, 0.2) is 0 Å². The van der Waals surface area contributed by atoms with Gasteiger partial charge in [0.2, 0.25) is 0 Å². The van der Waals surface area contributed by atoms with Gasteiger partial charge in [0.25, 0.3) is 0 Å². The number of rotatable bonds is 5. The van der Waals surface area contributed by atoms with E-state index in [0.29, 0.717) is 20.9 Å². The maximum absolute atomic E-state index is 15.4. The molecule has 2 heterocycles. The van der Waals surface area contributed by atoms with E-state index in [1.165, 1.54) is 19.1 Å². The Morgan fingerprint density at radius 3 is 1.64 bits per heavy atom. The fourth-order valence-corrected chi connectivity index (χ4v) is 7.05. The summed E-state index contributed by atoms with van der Waals surface area (Å²) >= 11 is 2.03. The Morgan fingerprint density at radius 1 is 0.694 bits per heavy atom. The van der Waals surface area contributed by atoms with E-state index in [2.05, 4.69) is 0 Å². The molecule has 0 saturated heterocycles. The fraction of sp³-hybridized carbons (Fsp3) is 0.259. The number of hydrogen-bond acceptors (Lipinski definition) is 3. The molecule has 0 spiro atoms. The first-order valence-electron chi connectivity index (χ1n) is 11.1. The lowest BCUT2D eigenvalue weighted by atomic mass is 9.81. The number of thiophene rings is 2. The van der Waals surface area contributed by atoms with Crippen molar-refractivity contribution in [3.8, 4) is 20.9 Å². The van der Waals surface area contributed by atoms with E-state index in [9.17, 15) is 13.9 Å². The second-order valence-electron chi connectivity index (χ2n) is 8.78. The second-order valence-corrected chi connectivity index (χ2v) is 11.2. The van der Waals surface area contributed by atoms with E-state index in [4.69, 9.17) is 0 Å². The Bertz CT molecular complexity index is 1380. The first-order valence-corrected chi connectivity index (χ1v) is 12.7. The Kier molecular flexibility index (Phi) is 6.08. The predicted octanol–water partition coefficient (Wildman–Crippen LogP) is 8.73. The van der Waals surface area contributed by atoms with Gasteiger partial charge in [-0.05, 0) is 41.3 Å². The van der Waals surface area contributed by atoms with Gasteiger partial charge in [-0.2, -0.15) is 26.3 Å². The molecule has 188 valence electrons. The summed E-state index contributed by atoms with van der Waals surface area (Å²) in [6.07, 6.45) is 0. The van der Waals surface area contributed by atoms with Crippen LogP contribution in [-0.4, -0.2) is 22.9 Å². The van der Waals surface area contributed by atoms with Crippen molar-refractivity contribution in [1.29, 1.82) is 0 Å². The smallest absolute Gasteiger partial charge is 0.373 e. The van der Waals surface area contributed by atoms with Crippen LogP contribution in [0.15, 0.2) is 72.8 Å². The zero-order valence-corrected chi connectivity index (χ0v) is 20.5. The number of alkyl halides is 6. The Balaban J connectivity index is 1.71. The molecule has 0 aliphatic heterocycles. The highest BCUT2D eigenvalue weighted by atomic mass is 32.1. The van der Waals surface area contributed by atoms with Crippen molar-refractivity contribution >= 4 is 22.7 Å².